The van der Waals surface area contributed by atoms with E-state index in [2.05, 4.69) is 4.74 Å². The molecule has 1 heterocycles. The highest BCUT2D eigenvalue weighted by Gasteiger charge is 2.48. The lowest BCUT2D eigenvalue weighted by atomic mass is 9.77. The first-order valence-electron chi connectivity index (χ1n) is 9.67. The predicted octanol–water partition coefficient (Wildman–Crippen LogP) is 1.82. The summed E-state index contributed by atoms with van der Waals surface area (Å²) in [6, 6.07) is 2.29. The number of carbonyl (C=O) groups is 3. The van der Waals surface area contributed by atoms with Crippen LogP contribution >= 0.6 is 0 Å². The Bertz CT molecular complexity index is 977. The van der Waals surface area contributed by atoms with E-state index < -0.39 is 35.2 Å². The number of ether oxygens (including phenoxy) is 3. The Kier molecular flexibility index (Phi) is 6.08. The molecule has 0 spiro atoms. The van der Waals surface area contributed by atoms with Crippen molar-refractivity contribution in [1.29, 1.82) is 0 Å². The van der Waals surface area contributed by atoms with Gasteiger partial charge < -0.3 is 29.5 Å². The van der Waals surface area contributed by atoms with Crippen LogP contribution in [0.4, 0.5) is 0 Å². The summed E-state index contributed by atoms with van der Waals surface area (Å²) >= 11 is 0. The van der Waals surface area contributed by atoms with Crippen LogP contribution in [-0.4, -0.2) is 58.5 Å². The van der Waals surface area contributed by atoms with Crippen molar-refractivity contribution in [2.45, 2.75) is 44.8 Å². The molecule has 0 amide bonds. The lowest BCUT2D eigenvalue weighted by molar-refractivity contribution is -0.146. The van der Waals surface area contributed by atoms with Crippen molar-refractivity contribution >= 4 is 17.7 Å². The molecule has 2 atom stereocenters. The zero-order valence-corrected chi connectivity index (χ0v) is 17.4. The van der Waals surface area contributed by atoms with Crippen LogP contribution in [0, 0.1) is 6.92 Å². The molecule has 1 aromatic carbocycles. The number of hydrogen-bond donors (Lipinski definition) is 3. The van der Waals surface area contributed by atoms with Crippen LogP contribution in [0.5, 0.6) is 11.5 Å². The van der Waals surface area contributed by atoms with Crippen LogP contribution in [-0.2, 0) is 23.8 Å². The van der Waals surface area contributed by atoms with E-state index in [1.807, 2.05) is 0 Å². The summed E-state index contributed by atoms with van der Waals surface area (Å²) in [5.41, 5.74) is -1.05. The topological polar surface area (TPSA) is 140 Å². The zero-order valence-electron chi connectivity index (χ0n) is 17.4. The standard InChI is InChI=1S/C22H24O9/c1-11-6-13(23)9-16(24)19(11)21(27)31-17-8-12-7-14(4-5-18(25)29-3)30-10-15(12)20(26)22(17,2)28/h6-7,9,17,23-24,28H,4-5,8,10H2,1-3H3. The minimum Gasteiger partial charge on any atom is -0.508 e. The van der Waals surface area contributed by atoms with Gasteiger partial charge in [0.25, 0.3) is 0 Å². The molecule has 166 valence electrons. The number of benzene rings is 1. The van der Waals surface area contributed by atoms with E-state index >= 15 is 0 Å². The largest absolute Gasteiger partial charge is 0.508 e. The fourth-order valence-electron chi connectivity index (χ4n) is 3.66. The number of allylic oxidation sites excluding steroid dienone is 2. The van der Waals surface area contributed by atoms with E-state index in [0.29, 0.717) is 11.3 Å². The molecule has 2 aliphatic rings. The van der Waals surface area contributed by atoms with Crippen molar-refractivity contribution in [2.24, 2.45) is 0 Å². The van der Waals surface area contributed by atoms with Crippen molar-refractivity contribution in [3.8, 4) is 11.5 Å². The fraction of sp³-hybridized carbons (Fsp3) is 0.409. The van der Waals surface area contributed by atoms with Gasteiger partial charge in [0.2, 0.25) is 0 Å². The first kappa shape index (κ1) is 22.4. The first-order chi connectivity index (χ1) is 14.5. The van der Waals surface area contributed by atoms with Gasteiger partial charge in [-0.3, -0.25) is 9.59 Å². The minimum atomic E-state index is -1.99. The van der Waals surface area contributed by atoms with Crippen molar-refractivity contribution in [3.05, 3.63) is 46.2 Å². The highest BCUT2D eigenvalue weighted by atomic mass is 16.6. The lowest BCUT2D eigenvalue weighted by Crippen LogP contribution is -2.53. The van der Waals surface area contributed by atoms with Crippen molar-refractivity contribution in [2.75, 3.05) is 13.7 Å². The molecule has 2 unspecified atom stereocenters. The van der Waals surface area contributed by atoms with Gasteiger partial charge in [-0.2, -0.15) is 0 Å². The van der Waals surface area contributed by atoms with Gasteiger partial charge in [0.1, 0.15) is 29.8 Å². The van der Waals surface area contributed by atoms with E-state index in [4.69, 9.17) is 9.47 Å². The molecular weight excluding hydrogens is 408 g/mol. The number of aryl methyl sites for hydroxylation is 1. The normalized spacial score (nSPS) is 22.9. The number of hydrogen-bond acceptors (Lipinski definition) is 9. The van der Waals surface area contributed by atoms with Gasteiger partial charge in [0, 0.05) is 24.5 Å². The molecule has 1 aliphatic heterocycles. The lowest BCUT2D eigenvalue weighted by Gasteiger charge is -2.38. The summed E-state index contributed by atoms with van der Waals surface area (Å²) in [6.07, 6.45) is 0.824. The SMILES string of the molecule is COC(=O)CCC1=CC2=C(CO1)C(=O)C(C)(O)C(OC(=O)c1c(C)cc(O)cc1O)C2. The molecule has 3 rings (SSSR count). The van der Waals surface area contributed by atoms with Gasteiger partial charge in [-0.15, -0.1) is 0 Å². The van der Waals surface area contributed by atoms with Gasteiger partial charge >= 0.3 is 11.9 Å². The van der Waals surface area contributed by atoms with E-state index in [9.17, 15) is 29.7 Å². The molecule has 9 heteroatoms. The Morgan fingerprint density at radius 1 is 1.29 bits per heavy atom. The van der Waals surface area contributed by atoms with Gasteiger partial charge in [-0.05, 0) is 37.1 Å². The monoisotopic (exact) mass is 432 g/mol. The van der Waals surface area contributed by atoms with E-state index in [0.717, 1.165) is 6.07 Å². The van der Waals surface area contributed by atoms with Gasteiger partial charge in [-0.25, -0.2) is 4.79 Å². The molecule has 1 aromatic rings. The van der Waals surface area contributed by atoms with Crippen LogP contribution in [0.15, 0.2) is 35.1 Å². The van der Waals surface area contributed by atoms with E-state index in [1.165, 1.54) is 27.0 Å². The molecule has 0 fully saturated rings. The maximum atomic E-state index is 12.8. The van der Waals surface area contributed by atoms with Crippen LogP contribution < -0.4 is 0 Å². The van der Waals surface area contributed by atoms with E-state index in [-0.39, 0.29) is 48.3 Å². The molecule has 1 aliphatic carbocycles. The van der Waals surface area contributed by atoms with Gasteiger partial charge in [0.05, 0.1) is 19.3 Å². The molecule has 0 aromatic heterocycles. The van der Waals surface area contributed by atoms with Crippen molar-refractivity contribution < 1.29 is 43.9 Å². The quantitative estimate of drug-likeness (QED) is 0.594. The molecular formula is C22H24O9. The number of methoxy groups -OCH3 is 1. The molecule has 3 N–H and O–H groups in total. The maximum Gasteiger partial charge on any atom is 0.342 e. The van der Waals surface area contributed by atoms with Crippen LogP contribution in [0.2, 0.25) is 0 Å². The minimum absolute atomic E-state index is 0.0444. The highest BCUT2D eigenvalue weighted by molar-refractivity contribution is 6.05. The number of phenolic OH excluding ortho intramolecular Hbond substituents is 2. The third-order valence-electron chi connectivity index (χ3n) is 5.45. The molecule has 9 nitrogen and oxygen atoms in total. The molecule has 0 saturated heterocycles. The first-order valence-corrected chi connectivity index (χ1v) is 9.67. The second-order valence-electron chi connectivity index (χ2n) is 7.71. The van der Waals surface area contributed by atoms with E-state index in [1.54, 1.807) is 6.08 Å². The average Bonchev–Trinajstić information content (AvgIpc) is 2.69. The Balaban J connectivity index is 1.84. The van der Waals surface area contributed by atoms with Crippen molar-refractivity contribution in [3.63, 3.8) is 0 Å². The number of ketones is 1. The second kappa shape index (κ2) is 8.43. The second-order valence-corrected chi connectivity index (χ2v) is 7.71. The summed E-state index contributed by atoms with van der Waals surface area (Å²) in [7, 11) is 1.29. The number of rotatable bonds is 5. The number of esters is 2. The number of carbonyl (C=O) groups excluding carboxylic acids is 3. The summed E-state index contributed by atoms with van der Waals surface area (Å²) in [5.74, 6) is -2.16. The summed E-state index contributed by atoms with van der Waals surface area (Å²) in [4.78, 5) is 36.9. The van der Waals surface area contributed by atoms with Crippen molar-refractivity contribution in [1.82, 2.24) is 0 Å². The molecule has 31 heavy (non-hydrogen) atoms. The third-order valence-corrected chi connectivity index (χ3v) is 5.45. The van der Waals surface area contributed by atoms with Crippen LogP contribution in [0.25, 0.3) is 0 Å². The van der Waals surface area contributed by atoms with Gasteiger partial charge in [0.15, 0.2) is 11.4 Å². The predicted molar refractivity (Wildman–Crippen MR) is 106 cm³/mol. The Labute approximate surface area is 178 Å². The van der Waals surface area contributed by atoms with Crippen LogP contribution in [0.3, 0.4) is 0 Å². The highest BCUT2D eigenvalue weighted by Crippen LogP contribution is 2.37. The van der Waals surface area contributed by atoms with Crippen LogP contribution in [0.1, 0.15) is 42.1 Å². The summed E-state index contributed by atoms with van der Waals surface area (Å²) < 4.78 is 15.6. The summed E-state index contributed by atoms with van der Waals surface area (Å²) in [6.45, 7) is 2.71. The molecule has 0 radical (unpaired) electrons. The smallest absolute Gasteiger partial charge is 0.342 e. The zero-order chi connectivity index (χ0) is 22.9. The number of Topliss-reactive ketones (excluding diaryl/α,β-unsaturated/α-hetero) is 1. The fourth-order valence-corrected chi connectivity index (χ4v) is 3.66. The number of phenols is 2. The average molecular weight is 432 g/mol. The number of aromatic hydroxyl groups is 2. The Morgan fingerprint density at radius 3 is 2.65 bits per heavy atom. The molecule has 0 saturated carbocycles. The summed E-state index contributed by atoms with van der Waals surface area (Å²) in [5, 5.41) is 30.4. The van der Waals surface area contributed by atoms with Gasteiger partial charge in [-0.1, -0.05) is 0 Å². The maximum absolute atomic E-state index is 12.8. The third kappa shape index (κ3) is 4.41. The molecule has 0 bridgehead atoms. The Hall–Kier alpha value is -3.33. The number of aliphatic hydroxyl groups is 1. The Morgan fingerprint density at radius 2 is 2.00 bits per heavy atom.